The third-order valence-electron chi connectivity index (χ3n) is 4.35. The highest BCUT2D eigenvalue weighted by Crippen LogP contribution is 2.24. The molecule has 0 N–H and O–H groups in total. The average molecular weight is 393 g/mol. The predicted octanol–water partition coefficient (Wildman–Crippen LogP) is 3.70. The molecule has 0 aliphatic carbocycles. The van der Waals surface area contributed by atoms with E-state index in [1.165, 1.54) is 11.3 Å². The molecule has 3 heterocycles. The van der Waals surface area contributed by atoms with Crippen LogP contribution in [0.25, 0.3) is 16.3 Å². The quantitative estimate of drug-likeness (QED) is 0.483. The zero-order valence-electron chi connectivity index (χ0n) is 15.8. The van der Waals surface area contributed by atoms with Crippen LogP contribution >= 0.6 is 11.3 Å². The van der Waals surface area contributed by atoms with Gasteiger partial charge in [-0.15, -0.1) is 11.3 Å². The van der Waals surface area contributed by atoms with Crippen LogP contribution in [0.4, 0.5) is 0 Å². The van der Waals surface area contributed by atoms with E-state index in [1.807, 2.05) is 62.8 Å². The highest BCUT2D eigenvalue weighted by molar-refractivity contribution is 7.13. The maximum atomic E-state index is 12.7. The Labute approximate surface area is 166 Å². The second kappa shape index (κ2) is 7.40. The molecule has 0 bridgehead atoms. The Bertz CT molecular complexity index is 1130. The van der Waals surface area contributed by atoms with Gasteiger partial charge in [-0.1, -0.05) is 18.2 Å². The predicted molar refractivity (Wildman–Crippen MR) is 106 cm³/mol. The zero-order chi connectivity index (χ0) is 19.7. The van der Waals surface area contributed by atoms with Crippen molar-refractivity contribution in [3.63, 3.8) is 0 Å². The van der Waals surface area contributed by atoms with Gasteiger partial charge in [-0.3, -0.25) is 4.68 Å². The summed E-state index contributed by atoms with van der Waals surface area (Å²) < 4.78 is 9.00. The Morgan fingerprint density at radius 2 is 2.00 bits per heavy atom. The van der Waals surface area contributed by atoms with Gasteiger partial charge in [-0.2, -0.15) is 10.2 Å². The number of benzene rings is 1. The highest BCUT2D eigenvalue weighted by atomic mass is 32.1. The van der Waals surface area contributed by atoms with Crippen LogP contribution in [0.3, 0.4) is 0 Å². The molecule has 0 aliphatic heterocycles. The number of rotatable bonds is 5. The second-order valence-electron chi connectivity index (χ2n) is 6.42. The number of hydrogen-bond acceptors (Lipinski definition) is 6. The van der Waals surface area contributed by atoms with Gasteiger partial charge in [0.2, 0.25) is 0 Å². The van der Waals surface area contributed by atoms with Crippen molar-refractivity contribution >= 4 is 17.3 Å². The van der Waals surface area contributed by atoms with Gasteiger partial charge >= 0.3 is 5.97 Å². The van der Waals surface area contributed by atoms with Crippen molar-refractivity contribution in [2.24, 2.45) is 7.05 Å². The lowest BCUT2D eigenvalue weighted by atomic mass is 10.2. The number of nitrogens with zero attached hydrogens (tertiary/aromatic N) is 5. The summed E-state index contributed by atoms with van der Waals surface area (Å²) in [5.41, 5.74) is 4.45. The van der Waals surface area contributed by atoms with Gasteiger partial charge in [0.1, 0.15) is 17.2 Å². The van der Waals surface area contributed by atoms with Gasteiger partial charge in [0.15, 0.2) is 0 Å². The van der Waals surface area contributed by atoms with Crippen molar-refractivity contribution in [3.05, 3.63) is 70.8 Å². The van der Waals surface area contributed by atoms with E-state index in [0.717, 1.165) is 22.0 Å². The lowest BCUT2D eigenvalue weighted by Crippen LogP contribution is -2.08. The molecule has 28 heavy (non-hydrogen) atoms. The third kappa shape index (κ3) is 3.46. The fourth-order valence-corrected chi connectivity index (χ4v) is 3.79. The molecule has 0 saturated heterocycles. The van der Waals surface area contributed by atoms with Crippen molar-refractivity contribution in [3.8, 4) is 16.3 Å². The Hall–Kier alpha value is -3.26. The molecule has 8 heteroatoms. The monoisotopic (exact) mass is 393 g/mol. The maximum Gasteiger partial charge on any atom is 0.342 e. The van der Waals surface area contributed by atoms with Crippen LogP contribution in [0, 0.1) is 13.8 Å². The molecule has 7 nitrogen and oxygen atoms in total. The summed E-state index contributed by atoms with van der Waals surface area (Å²) in [6.07, 6.45) is 3.67. The maximum absolute atomic E-state index is 12.7. The SMILES string of the molecule is Cc1nn(-c2ccccc2)c(C)c1C(=O)OCc1csc(-c2cnn(C)c2)n1. The fraction of sp³-hybridized carbons (Fsp3) is 0.200. The van der Waals surface area contributed by atoms with E-state index in [2.05, 4.69) is 15.2 Å². The number of esters is 1. The molecule has 0 atom stereocenters. The molecule has 3 aromatic heterocycles. The molecule has 0 amide bonds. The number of thiazole rings is 1. The van der Waals surface area contributed by atoms with Crippen molar-refractivity contribution in [2.45, 2.75) is 20.5 Å². The molecular weight excluding hydrogens is 374 g/mol. The van der Waals surface area contributed by atoms with Crippen LogP contribution in [0.5, 0.6) is 0 Å². The van der Waals surface area contributed by atoms with Crippen LogP contribution in [-0.4, -0.2) is 30.5 Å². The Morgan fingerprint density at radius 1 is 1.21 bits per heavy atom. The molecule has 4 rings (SSSR count). The number of hydrogen-bond donors (Lipinski definition) is 0. The van der Waals surface area contributed by atoms with Gasteiger partial charge in [0, 0.05) is 24.2 Å². The summed E-state index contributed by atoms with van der Waals surface area (Å²) in [4.78, 5) is 17.2. The normalized spacial score (nSPS) is 11.0. The molecule has 142 valence electrons. The first-order valence-electron chi connectivity index (χ1n) is 8.75. The number of aromatic nitrogens is 5. The van der Waals surface area contributed by atoms with E-state index >= 15 is 0 Å². The average Bonchev–Trinajstić information content (AvgIpc) is 3.40. The van der Waals surface area contributed by atoms with Gasteiger partial charge in [-0.25, -0.2) is 14.5 Å². The summed E-state index contributed by atoms with van der Waals surface area (Å²) in [5, 5.41) is 11.4. The van der Waals surface area contributed by atoms with Crippen molar-refractivity contribution in [1.29, 1.82) is 0 Å². The van der Waals surface area contributed by atoms with Crippen LogP contribution < -0.4 is 0 Å². The second-order valence-corrected chi connectivity index (χ2v) is 7.27. The van der Waals surface area contributed by atoms with Crippen molar-refractivity contribution in [2.75, 3.05) is 0 Å². The summed E-state index contributed by atoms with van der Waals surface area (Å²) in [7, 11) is 1.86. The highest BCUT2D eigenvalue weighted by Gasteiger charge is 2.21. The Kier molecular flexibility index (Phi) is 4.79. The fourth-order valence-electron chi connectivity index (χ4n) is 3.01. The lowest BCUT2D eigenvalue weighted by Gasteiger charge is -2.05. The van der Waals surface area contributed by atoms with Gasteiger partial charge < -0.3 is 4.74 Å². The molecule has 0 aliphatic rings. The van der Waals surface area contributed by atoms with E-state index in [1.54, 1.807) is 15.6 Å². The first-order valence-corrected chi connectivity index (χ1v) is 9.63. The van der Waals surface area contributed by atoms with Gasteiger partial charge in [-0.05, 0) is 26.0 Å². The van der Waals surface area contributed by atoms with Crippen LogP contribution in [0.2, 0.25) is 0 Å². The summed E-state index contributed by atoms with van der Waals surface area (Å²) >= 11 is 1.50. The largest absolute Gasteiger partial charge is 0.455 e. The molecule has 4 aromatic rings. The van der Waals surface area contributed by atoms with Crippen LogP contribution in [0.1, 0.15) is 27.4 Å². The first kappa shape index (κ1) is 18.1. The number of carbonyl (C=O) groups is 1. The smallest absolute Gasteiger partial charge is 0.342 e. The van der Waals surface area contributed by atoms with E-state index in [9.17, 15) is 4.79 Å². The molecule has 1 aromatic carbocycles. The Balaban J connectivity index is 1.49. The summed E-state index contributed by atoms with van der Waals surface area (Å²) in [6, 6.07) is 9.71. The van der Waals surface area contributed by atoms with E-state index in [4.69, 9.17) is 4.74 Å². The third-order valence-corrected chi connectivity index (χ3v) is 5.29. The van der Waals surface area contributed by atoms with Gasteiger partial charge in [0.05, 0.1) is 29.0 Å². The molecular formula is C20H19N5O2S. The van der Waals surface area contributed by atoms with E-state index < -0.39 is 5.97 Å². The summed E-state index contributed by atoms with van der Waals surface area (Å²) in [6.45, 7) is 3.80. The van der Waals surface area contributed by atoms with E-state index in [-0.39, 0.29) is 6.61 Å². The van der Waals surface area contributed by atoms with Crippen LogP contribution in [-0.2, 0) is 18.4 Å². The lowest BCUT2D eigenvalue weighted by molar-refractivity contribution is 0.0466. The molecule has 0 spiro atoms. The number of aryl methyl sites for hydroxylation is 2. The Morgan fingerprint density at radius 3 is 2.71 bits per heavy atom. The number of ether oxygens (including phenoxy) is 1. The van der Waals surface area contributed by atoms with Crippen LogP contribution in [0.15, 0.2) is 48.1 Å². The molecule has 0 unspecified atom stereocenters. The molecule has 0 saturated carbocycles. The van der Waals surface area contributed by atoms with E-state index in [0.29, 0.717) is 17.0 Å². The first-order chi connectivity index (χ1) is 13.5. The standard InChI is InChI=1S/C20H19N5O2S/c1-13-18(14(2)25(23-13)17-7-5-4-6-8-17)20(26)27-11-16-12-28-19(22-16)15-9-21-24(3)10-15/h4-10,12H,11H2,1-3H3. The van der Waals surface area contributed by atoms with Crippen molar-refractivity contribution in [1.82, 2.24) is 24.5 Å². The zero-order valence-corrected chi connectivity index (χ0v) is 16.6. The minimum atomic E-state index is -0.395. The summed E-state index contributed by atoms with van der Waals surface area (Å²) in [5.74, 6) is -0.395. The number of para-hydroxylation sites is 1. The molecule has 0 fully saturated rings. The van der Waals surface area contributed by atoms with Gasteiger partial charge in [0.25, 0.3) is 0 Å². The topological polar surface area (TPSA) is 74.8 Å². The van der Waals surface area contributed by atoms with Crippen molar-refractivity contribution < 1.29 is 9.53 Å². The molecule has 0 radical (unpaired) electrons. The minimum absolute atomic E-state index is 0.116. The minimum Gasteiger partial charge on any atom is -0.455 e. The number of carbonyl (C=O) groups excluding carboxylic acids is 1.